The summed E-state index contributed by atoms with van der Waals surface area (Å²) in [6.45, 7) is 0. The van der Waals surface area contributed by atoms with Crippen molar-refractivity contribution in [2.45, 2.75) is 15.2 Å². The molecule has 5 aromatic rings. The molecule has 0 amide bonds. The lowest BCUT2D eigenvalue weighted by Crippen LogP contribution is -2.32. The molecule has 0 saturated heterocycles. The summed E-state index contributed by atoms with van der Waals surface area (Å²) in [5.41, 5.74) is 8.74. The van der Waals surface area contributed by atoms with Gasteiger partial charge in [0.05, 0.1) is 10.9 Å². The smallest absolute Gasteiger partial charge is 0.0742 e. The van der Waals surface area contributed by atoms with Gasteiger partial charge in [-0.05, 0) is 46.0 Å². The van der Waals surface area contributed by atoms with Crippen molar-refractivity contribution in [2.24, 2.45) is 0 Å². The minimum absolute atomic E-state index is 0.326. The lowest BCUT2D eigenvalue weighted by atomic mass is 9.66. The van der Waals surface area contributed by atoms with Gasteiger partial charge in [0.2, 0.25) is 0 Å². The first kappa shape index (κ1) is 16.4. The highest BCUT2D eigenvalue weighted by Crippen LogP contribution is 2.62. The van der Waals surface area contributed by atoms with Crippen LogP contribution in [0.25, 0.3) is 22.0 Å². The SMILES string of the molecule is c1ccc2c(c1)Sc1ccccc1C21c2ccccc2-c2cnc3ccccc3c21. The second kappa shape index (κ2) is 5.84. The third-order valence-electron chi connectivity index (χ3n) is 6.57. The van der Waals surface area contributed by atoms with Crippen LogP contribution in [-0.2, 0) is 5.41 Å². The van der Waals surface area contributed by atoms with Crippen LogP contribution in [0.5, 0.6) is 0 Å². The van der Waals surface area contributed by atoms with Gasteiger partial charge in [-0.25, -0.2) is 0 Å². The molecule has 4 aromatic carbocycles. The van der Waals surface area contributed by atoms with E-state index in [0.29, 0.717) is 0 Å². The molecule has 2 heterocycles. The zero-order valence-corrected chi connectivity index (χ0v) is 17.0. The molecule has 1 aliphatic carbocycles. The van der Waals surface area contributed by atoms with Crippen LogP contribution in [0.4, 0.5) is 0 Å². The number of nitrogens with zero attached hydrogens (tertiary/aromatic N) is 1. The van der Waals surface area contributed by atoms with Crippen molar-refractivity contribution in [3.05, 3.63) is 126 Å². The molecule has 30 heavy (non-hydrogen) atoms. The molecule has 0 saturated carbocycles. The topological polar surface area (TPSA) is 12.9 Å². The van der Waals surface area contributed by atoms with E-state index in [1.807, 2.05) is 11.8 Å². The minimum Gasteiger partial charge on any atom is -0.256 e. The number of pyridine rings is 1. The summed E-state index contributed by atoms with van der Waals surface area (Å²) in [5.74, 6) is 0. The van der Waals surface area contributed by atoms with E-state index in [1.165, 1.54) is 48.6 Å². The fraction of sp³-hybridized carbons (Fsp3) is 0.0357. The quantitative estimate of drug-likeness (QED) is 0.271. The summed E-state index contributed by atoms with van der Waals surface area (Å²) in [6.07, 6.45) is 2.08. The van der Waals surface area contributed by atoms with Gasteiger partial charge in [-0.3, -0.25) is 4.98 Å². The zero-order chi connectivity index (χ0) is 19.7. The first-order valence-electron chi connectivity index (χ1n) is 10.2. The third kappa shape index (κ3) is 1.88. The molecule has 0 unspecified atom stereocenters. The molecule has 0 atom stereocenters. The Kier molecular flexibility index (Phi) is 3.20. The van der Waals surface area contributed by atoms with E-state index < -0.39 is 0 Å². The number of fused-ring (bicyclic) bond motifs is 11. The van der Waals surface area contributed by atoms with Gasteiger partial charge in [-0.1, -0.05) is 90.6 Å². The molecule has 1 aromatic heterocycles. The summed E-state index contributed by atoms with van der Waals surface area (Å²) in [7, 11) is 0. The van der Waals surface area contributed by atoms with Gasteiger partial charge in [-0.15, -0.1) is 0 Å². The number of para-hydroxylation sites is 1. The lowest BCUT2D eigenvalue weighted by molar-refractivity contribution is 0.728. The molecular formula is C28H17NS. The molecule has 0 N–H and O–H groups in total. The number of rotatable bonds is 0. The standard InChI is InChI=1S/C28H17NS/c1-3-11-21-18(9-1)20-17-29-24-14-6-2-10-19(24)27(20)28(21)22-12-4-7-15-25(22)30-26-16-8-5-13-23(26)28/h1-17H. The van der Waals surface area contributed by atoms with Gasteiger partial charge >= 0.3 is 0 Å². The van der Waals surface area contributed by atoms with Crippen molar-refractivity contribution in [3.63, 3.8) is 0 Å². The van der Waals surface area contributed by atoms with Crippen LogP contribution < -0.4 is 0 Å². The van der Waals surface area contributed by atoms with E-state index in [-0.39, 0.29) is 5.41 Å². The molecule has 1 aliphatic heterocycles. The third-order valence-corrected chi connectivity index (χ3v) is 7.73. The summed E-state index contributed by atoms with van der Waals surface area (Å²) >= 11 is 1.88. The lowest BCUT2D eigenvalue weighted by Gasteiger charge is -2.40. The molecule has 1 nitrogen and oxygen atoms in total. The van der Waals surface area contributed by atoms with Crippen LogP contribution in [0.2, 0.25) is 0 Å². The Labute approximate surface area is 179 Å². The van der Waals surface area contributed by atoms with E-state index in [2.05, 4.69) is 103 Å². The summed E-state index contributed by atoms with van der Waals surface area (Å²) in [4.78, 5) is 7.50. The highest BCUT2D eigenvalue weighted by atomic mass is 32.2. The molecule has 0 fully saturated rings. The first-order valence-corrected chi connectivity index (χ1v) is 11.1. The Hall–Kier alpha value is -3.36. The Morgan fingerprint density at radius 3 is 1.93 bits per heavy atom. The van der Waals surface area contributed by atoms with Crippen LogP contribution in [0, 0.1) is 0 Å². The second-order valence-corrected chi connectivity index (χ2v) is 9.04. The minimum atomic E-state index is -0.326. The predicted molar refractivity (Wildman–Crippen MR) is 123 cm³/mol. The van der Waals surface area contributed by atoms with E-state index in [1.54, 1.807) is 0 Å². The van der Waals surface area contributed by atoms with Gasteiger partial charge in [-0.2, -0.15) is 0 Å². The van der Waals surface area contributed by atoms with Gasteiger partial charge in [0.1, 0.15) is 0 Å². The average Bonchev–Trinajstić information content (AvgIpc) is 3.11. The highest BCUT2D eigenvalue weighted by Gasteiger charge is 2.51. The van der Waals surface area contributed by atoms with Crippen LogP contribution in [0.15, 0.2) is 113 Å². The van der Waals surface area contributed by atoms with Crippen molar-refractivity contribution in [1.29, 1.82) is 0 Å². The molecule has 2 heteroatoms. The summed E-state index contributed by atoms with van der Waals surface area (Å²) in [5, 5.41) is 1.24. The maximum absolute atomic E-state index is 4.84. The number of hydrogen-bond acceptors (Lipinski definition) is 2. The number of benzene rings is 4. The summed E-state index contributed by atoms with van der Waals surface area (Å²) in [6, 6.07) is 35.3. The van der Waals surface area contributed by atoms with Crippen LogP contribution in [0.3, 0.4) is 0 Å². The second-order valence-electron chi connectivity index (χ2n) is 7.95. The molecule has 140 valence electrons. The van der Waals surface area contributed by atoms with Gasteiger partial charge < -0.3 is 0 Å². The molecule has 0 radical (unpaired) electrons. The first-order chi connectivity index (χ1) is 14.9. The molecule has 0 bridgehead atoms. The van der Waals surface area contributed by atoms with E-state index in [9.17, 15) is 0 Å². The van der Waals surface area contributed by atoms with Gasteiger partial charge in [0.25, 0.3) is 0 Å². The largest absolute Gasteiger partial charge is 0.256 e. The molecule has 7 rings (SSSR count). The van der Waals surface area contributed by atoms with Crippen molar-refractivity contribution < 1.29 is 0 Å². The Morgan fingerprint density at radius 1 is 0.567 bits per heavy atom. The predicted octanol–water partition coefficient (Wildman–Crippen LogP) is 7.06. The molecular weight excluding hydrogens is 382 g/mol. The van der Waals surface area contributed by atoms with Crippen LogP contribution in [-0.4, -0.2) is 4.98 Å². The fourth-order valence-corrected chi connectivity index (χ4v) is 6.68. The Bertz CT molecular complexity index is 1440. The highest BCUT2D eigenvalue weighted by molar-refractivity contribution is 7.99. The van der Waals surface area contributed by atoms with E-state index >= 15 is 0 Å². The maximum atomic E-state index is 4.84. The Balaban J connectivity index is 1.78. The monoisotopic (exact) mass is 399 g/mol. The normalized spacial score (nSPS) is 14.8. The summed E-state index contributed by atoms with van der Waals surface area (Å²) < 4.78 is 0. The van der Waals surface area contributed by atoms with Gasteiger partial charge in [0, 0.05) is 26.9 Å². The number of aromatic nitrogens is 1. The number of hydrogen-bond donors (Lipinski definition) is 0. The Morgan fingerprint density at radius 2 is 1.17 bits per heavy atom. The van der Waals surface area contributed by atoms with Crippen molar-refractivity contribution in [3.8, 4) is 11.1 Å². The van der Waals surface area contributed by atoms with Gasteiger partial charge in [0.15, 0.2) is 0 Å². The molecule has 2 aliphatic rings. The van der Waals surface area contributed by atoms with Crippen LogP contribution >= 0.6 is 11.8 Å². The zero-order valence-electron chi connectivity index (χ0n) is 16.2. The van der Waals surface area contributed by atoms with Crippen LogP contribution in [0.1, 0.15) is 22.3 Å². The van der Waals surface area contributed by atoms with Crippen molar-refractivity contribution in [1.82, 2.24) is 4.98 Å². The molecule has 1 spiro atoms. The fourth-order valence-electron chi connectivity index (χ4n) is 5.48. The maximum Gasteiger partial charge on any atom is 0.0742 e. The average molecular weight is 400 g/mol. The van der Waals surface area contributed by atoms with Crippen molar-refractivity contribution >= 4 is 22.7 Å². The van der Waals surface area contributed by atoms with E-state index in [4.69, 9.17) is 4.98 Å². The van der Waals surface area contributed by atoms with E-state index in [0.717, 1.165) is 5.52 Å². The van der Waals surface area contributed by atoms with Crippen molar-refractivity contribution in [2.75, 3.05) is 0 Å².